The fourth-order valence-electron chi connectivity index (χ4n) is 4.26. The molecule has 0 atom stereocenters. The number of aliphatic hydroxyl groups excluding tert-OH is 1. The van der Waals surface area contributed by atoms with Gasteiger partial charge < -0.3 is 9.67 Å². The van der Waals surface area contributed by atoms with Gasteiger partial charge >= 0.3 is 0 Å². The zero-order chi connectivity index (χ0) is 14.6. The zero-order valence-electron chi connectivity index (χ0n) is 12.0. The molecule has 0 amide bonds. The lowest BCUT2D eigenvalue weighted by molar-refractivity contribution is -0.105. The Morgan fingerprint density at radius 2 is 1.90 bits per heavy atom. The van der Waals surface area contributed by atoms with Gasteiger partial charge in [0.1, 0.15) is 16.9 Å². The summed E-state index contributed by atoms with van der Waals surface area (Å²) in [6.07, 6.45) is 7.72. The van der Waals surface area contributed by atoms with Crippen molar-refractivity contribution in [1.29, 1.82) is 0 Å². The van der Waals surface area contributed by atoms with Gasteiger partial charge in [-0.05, 0) is 43.7 Å². The minimum atomic E-state index is -0.548. The molecular weight excluding hydrogens is 266 g/mol. The van der Waals surface area contributed by atoms with Crippen molar-refractivity contribution in [3.05, 3.63) is 34.9 Å². The first kappa shape index (κ1) is 12.9. The van der Waals surface area contributed by atoms with E-state index in [9.17, 15) is 14.7 Å². The van der Waals surface area contributed by atoms with Gasteiger partial charge in [0.2, 0.25) is 5.78 Å². The number of hydrogen-bond acceptors (Lipinski definition) is 3. The second kappa shape index (κ2) is 4.33. The first-order chi connectivity index (χ1) is 10.2. The number of aldehydes is 1. The summed E-state index contributed by atoms with van der Waals surface area (Å²) in [4.78, 5) is 23.8. The van der Waals surface area contributed by atoms with E-state index in [0.717, 1.165) is 38.5 Å². The van der Waals surface area contributed by atoms with E-state index in [1.54, 1.807) is 0 Å². The minimum absolute atomic E-state index is 0.00396. The van der Waals surface area contributed by atoms with Gasteiger partial charge in [0.15, 0.2) is 6.29 Å². The van der Waals surface area contributed by atoms with Crippen LogP contribution in [0.15, 0.2) is 23.5 Å². The van der Waals surface area contributed by atoms with Crippen LogP contribution in [0.3, 0.4) is 0 Å². The van der Waals surface area contributed by atoms with Gasteiger partial charge in [-0.1, -0.05) is 19.3 Å². The maximum atomic E-state index is 12.5. The molecule has 1 aromatic rings. The fourth-order valence-corrected chi connectivity index (χ4v) is 4.26. The Kier molecular flexibility index (Phi) is 2.65. The molecule has 1 aliphatic heterocycles. The number of ketones is 1. The second-order valence-corrected chi connectivity index (χ2v) is 6.55. The number of Topliss-reactive ketones (excluding diaryl/α,β-unsaturated/α-hetero) is 1. The monoisotopic (exact) mass is 285 g/mol. The van der Waals surface area contributed by atoms with E-state index in [-0.39, 0.29) is 17.1 Å². The third-order valence-corrected chi connectivity index (χ3v) is 5.58. The van der Waals surface area contributed by atoms with Crippen LogP contribution in [0.25, 0.3) is 0 Å². The summed E-state index contributed by atoms with van der Waals surface area (Å²) < 4.78 is 2.08. The number of rotatable bonds is 2. The van der Waals surface area contributed by atoms with Crippen molar-refractivity contribution in [3.63, 3.8) is 0 Å². The van der Waals surface area contributed by atoms with E-state index >= 15 is 0 Å². The molecule has 0 saturated heterocycles. The number of fused-ring (bicyclic) bond motifs is 2. The van der Waals surface area contributed by atoms with E-state index in [4.69, 9.17) is 0 Å². The van der Waals surface area contributed by atoms with Crippen molar-refractivity contribution < 1.29 is 14.7 Å². The average molecular weight is 285 g/mol. The largest absolute Gasteiger partial charge is 0.509 e. The Hall–Kier alpha value is -1.84. The molecule has 2 saturated carbocycles. The molecule has 0 aromatic carbocycles. The molecule has 4 nitrogen and oxygen atoms in total. The molecule has 21 heavy (non-hydrogen) atoms. The zero-order valence-corrected chi connectivity index (χ0v) is 12.0. The number of nitrogens with zero attached hydrogens (tertiary/aromatic N) is 1. The molecule has 0 radical (unpaired) electrons. The predicted octanol–water partition coefficient (Wildman–Crippen LogP) is 3.23. The van der Waals surface area contributed by atoms with Gasteiger partial charge in [-0.25, -0.2) is 0 Å². The van der Waals surface area contributed by atoms with Gasteiger partial charge in [0, 0.05) is 5.69 Å². The molecule has 110 valence electrons. The molecule has 4 rings (SSSR count). The topological polar surface area (TPSA) is 59.3 Å². The number of allylic oxidation sites excluding steroid dienone is 2. The van der Waals surface area contributed by atoms with Crippen LogP contribution in [0, 0.1) is 0 Å². The summed E-state index contributed by atoms with van der Waals surface area (Å²) >= 11 is 0. The maximum Gasteiger partial charge on any atom is 0.216 e. The molecule has 0 unspecified atom stereocenters. The molecule has 1 N–H and O–H groups in total. The Morgan fingerprint density at radius 3 is 2.48 bits per heavy atom. The second-order valence-electron chi connectivity index (χ2n) is 6.55. The van der Waals surface area contributed by atoms with Gasteiger partial charge in [-0.2, -0.15) is 0 Å². The summed E-state index contributed by atoms with van der Waals surface area (Å²) in [5, 5.41) is 10.7. The molecule has 0 bridgehead atoms. The van der Waals surface area contributed by atoms with Crippen LogP contribution in [-0.2, 0) is 10.3 Å². The Morgan fingerprint density at radius 1 is 1.19 bits per heavy atom. The number of aromatic nitrogens is 1. The fraction of sp³-hybridized carbons (Fsp3) is 0.529. The van der Waals surface area contributed by atoms with E-state index in [2.05, 4.69) is 4.57 Å². The Labute approximate surface area is 123 Å². The lowest BCUT2D eigenvalue weighted by Gasteiger charge is -2.40. The molecule has 4 heteroatoms. The molecule has 2 aliphatic carbocycles. The number of carbonyl (C=O) groups excluding carboxylic acids is 2. The number of hydrogen-bond donors (Lipinski definition) is 1. The summed E-state index contributed by atoms with van der Waals surface area (Å²) in [7, 11) is 0. The lowest BCUT2D eigenvalue weighted by atomic mass is 9.80. The van der Waals surface area contributed by atoms with Gasteiger partial charge in [-0.15, -0.1) is 0 Å². The highest BCUT2D eigenvalue weighted by Crippen LogP contribution is 2.50. The molecule has 3 aliphatic rings. The minimum Gasteiger partial charge on any atom is -0.509 e. The van der Waals surface area contributed by atoms with Crippen LogP contribution >= 0.6 is 0 Å². The predicted molar refractivity (Wildman–Crippen MR) is 77.5 cm³/mol. The summed E-state index contributed by atoms with van der Waals surface area (Å²) in [5.41, 5.74) is 1.16. The van der Waals surface area contributed by atoms with E-state index in [1.165, 1.54) is 12.1 Å². The number of carbonyl (C=O) groups is 2. The van der Waals surface area contributed by atoms with Crippen LogP contribution in [0.2, 0.25) is 0 Å². The first-order valence-electron chi connectivity index (χ1n) is 7.85. The molecule has 1 spiro atoms. The Bertz CT molecular complexity index is 658. The van der Waals surface area contributed by atoms with Crippen molar-refractivity contribution in [3.8, 4) is 0 Å². The van der Waals surface area contributed by atoms with Crippen LogP contribution in [0.4, 0.5) is 0 Å². The molecule has 1 aromatic heterocycles. The molecule has 2 heterocycles. The highest BCUT2D eigenvalue weighted by Gasteiger charge is 2.49. The summed E-state index contributed by atoms with van der Waals surface area (Å²) in [6, 6.07) is 3.87. The SMILES string of the molecule is O=CC1=C(O)C2(CCCC2)n2c(ccc2C2CCC2)C1=O. The van der Waals surface area contributed by atoms with Crippen LogP contribution in [0.5, 0.6) is 0 Å². The lowest BCUT2D eigenvalue weighted by Crippen LogP contribution is -2.42. The third kappa shape index (κ3) is 1.50. The van der Waals surface area contributed by atoms with Crippen LogP contribution < -0.4 is 0 Å². The normalized spacial score (nSPS) is 24.3. The standard InChI is InChI=1S/C17H19NO3/c19-10-12-15(20)14-7-6-13(11-4-3-5-11)18(14)17(16(12)21)8-1-2-9-17/h6-7,10-11,21H,1-5,8-9H2. The van der Waals surface area contributed by atoms with E-state index in [1.807, 2.05) is 12.1 Å². The van der Waals surface area contributed by atoms with Crippen molar-refractivity contribution in [2.75, 3.05) is 0 Å². The van der Waals surface area contributed by atoms with Crippen molar-refractivity contribution in [2.24, 2.45) is 0 Å². The van der Waals surface area contributed by atoms with Crippen molar-refractivity contribution in [2.45, 2.75) is 56.4 Å². The van der Waals surface area contributed by atoms with Gasteiger partial charge in [0.05, 0.1) is 5.69 Å². The first-order valence-corrected chi connectivity index (χ1v) is 7.85. The molecule has 2 fully saturated rings. The Balaban J connectivity index is 1.96. The quantitative estimate of drug-likeness (QED) is 0.670. The average Bonchev–Trinajstić information content (AvgIpc) is 3.03. The summed E-state index contributed by atoms with van der Waals surface area (Å²) in [5.74, 6) is 0.171. The molecular formula is C17H19NO3. The van der Waals surface area contributed by atoms with Crippen molar-refractivity contribution in [1.82, 2.24) is 4.57 Å². The van der Waals surface area contributed by atoms with Crippen molar-refractivity contribution >= 4 is 12.1 Å². The van der Waals surface area contributed by atoms with Crippen LogP contribution in [-0.4, -0.2) is 21.7 Å². The van der Waals surface area contributed by atoms with E-state index in [0.29, 0.717) is 17.9 Å². The van der Waals surface area contributed by atoms with E-state index < -0.39 is 5.54 Å². The van der Waals surface area contributed by atoms with Gasteiger partial charge in [0.25, 0.3) is 0 Å². The highest BCUT2D eigenvalue weighted by molar-refractivity contribution is 6.20. The third-order valence-electron chi connectivity index (χ3n) is 5.58. The summed E-state index contributed by atoms with van der Waals surface area (Å²) in [6.45, 7) is 0. The van der Waals surface area contributed by atoms with Gasteiger partial charge in [-0.3, -0.25) is 9.59 Å². The highest BCUT2D eigenvalue weighted by atomic mass is 16.3. The van der Waals surface area contributed by atoms with Crippen LogP contribution in [0.1, 0.15) is 67.0 Å². The smallest absolute Gasteiger partial charge is 0.216 e. The maximum absolute atomic E-state index is 12.5. The number of aliphatic hydroxyl groups is 1.